The Kier molecular flexibility index (Phi) is 6.21. The Morgan fingerprint density at radius 1 is 1.15 bits per heavy atom. The lowest BCUT2D eigenvalue weighted by Crippen LogP contribution is -2.37. The zero-order valence-corrected chi connectivity index (χ0v) is 16.0. The number of benzene rings is 2. The monoisotopic (exact) mass is 396 g/mol. The minimum atomic E-state index is -1.26. The van der Waals surface area contributed by atoms with E-state index in [1.54, 1.807) is 34.4 Å². The van der Waals surface area contributed by atoms with E-state index in [9.17, 15) is 18.1 Å². The third kappa shape index (κ3) is 4.35. The number of hydrogen-bond acceptors (Lipinski definition) is 3. The molecule has 5 nitrogen and oxygen atoms in total. The molecule has 27 heavy (non-hydrogen) atoms. The summed E-state index contributed by atoms with van der Waals surface area (Å²) in [5.41, 5.74) is 1.29. The molecule has 0 aliphatic heterocycles. The predicted molar refractivity (Wildman–Crippen MR) is 103 cm³/mol. The summed E-state index contributed by atoms with van der Waals surface area (Å²) in [4.78, 5) is 0. The van der Waals surface area contributed by atoms with Gasteiger partial charge in [0.05, 0.1) is 35.8 Å². The van der Waals surface area contributed by atoms with Gasteiger partial charge in [0.25, 0.3) is 0 Å². The van der Waals surface area contributed by atoms with Crippen LogP contribution >= 0.6 is 0 Å². The number of nitrogens with zero attached hydrogens (tertiary/aromatic N) is 2. The average Bonchev–Trinajstić information content (AvgIpc) is 2.90. The van der Waals surface area contributed by atoms with Crippen LogP contribution in [0.4, 0.5) is 8.78 Å². The highest BCUT2D eigenvalue weighted by Gasteiger charge is 2.18. The Morgan fingerprint density at radius 2 is 1.85 bits per heavy atom. The number of hydrogen-bond donors (Lipinski definition) is 1. The van der Waals surface area contributed by atoms with Gasteiger partial charge in [0.15, 0.2) is 0 Å². The maximum atomic E-state index is 13.8. The SMILES string of the molecule is COCCN(CC(O)Cn1c2ccc(F)cc2c2ccc(F)cc21)S(C)=O. The summed E-state index contributed by atoms with van der Waals surface area (Å²) in [5, 5.41) is 12.0. The summed E-state index contributed by atoms with van der Waals surface area (Å²) >= 11 is 0. The van der Waals surface area contributed by atoms with Crippen LogP contribution in [0.5, 0.6) is 0 Å². The van der Waals surface area contributed by atoms with Crippen molar-refractivity contribution in [2.45, 2.75) is 12.6 Å². The molecule has 1 aromatic heterocycles. The van der Waals surface area contributed by atoms with Crippen LogP contribution in [0.1, 0.15) is 0 Å². The molecule has 146 valence electrons. The quantitative estimate of drug-likeness (QED) is 0.637. The Hall–Kier alpha value is -1.87. The van der Waals surface area contributed by atoms with E-state index in [1.807, 2.05) is 0 Å². The number of methoxy groups -OCH3 is 1. The largest absolute Gasteiger partial charge is 0.390 e. The van der Waals surface area contributed by atoms with Gasteiger partial charge in [-0.25, -0.2) is 17.3 Å². The fraction of sp³-hybridized carbons (Fsp3) is 0.368. The molecule has 0 saturated heterocycles. The Bertz CT molecular complexity index is 976. The molecule has 0 radical (unpaired) electrons. The third-order valence-electron chi connectivity index (χ3n) is 4.51. The summed E-state index contributed by atoms with van der Waals surface area (Å²) in [5.74, 6) is -0.781. The van der Waals surface area contributed by atoms with Crippen LogP contribution in [0.3, 0.4) is 0 Å². The van der Waals surface area contributed by atoms with Crippen molar-refractivity contribution in [1.82, 2.24) is 8.87 Å². The first kappa shape index (κ1) is 19.9. The lowest BCUT2D eigenvalue weighted by molar-refractivity contribution is 0.117. The van der Waals surface area contributed by atoms with Crippen LogP contribution in [-0.4, -0.2) is 57.4 Å². The molecule has 0 saturated carbocycles. The summed E-state index contributed by atoms with van der Waals surface area (Å²) in [6.07, 6.45) is 0.693. The van der Waals surface area contributed by atoms with Gasteiger partial charge in [-0.15, -0.1) is 0 Å². The van der Waals surface area contributed by atoms with Gasteiger partial charge in [0.2, 0.25) is 0 Å². The van der Waals surface area contributed by atoms with Gasteiger partial charge in [0, 0.05) is 42.7 Å². The fourth-order valence-electron chi connectivity index (χ4n) is 3.26. The summed E-state index contributed by atoms with van der Waals surface area (Å²) in [6.45, 7) is 1.15. The van der Waals surface area contributed by atoms with Gasteiger partial charge < -0.3 is 14.4 Å². The molecule has 1 heterocycles. The average molecular weight is 396 g/mol. The molecule has 0 amide bonds. The van der Waals surface area contributed by atoms with Crippen molar-refractivity contribution in [2.24, 2.45) is 0 Å². The highest BCUT2D eigenvalue weighted by atomic mass is 32.2. The number of fused-ring (bicyclic) bond motifs is 3. The van der Waals surface area contributed by atoms with Crippen LogP contribution in [0.15, 0.2) is 36.4 Å². The van der Waals surface area contributed by atoms with Crippen LogP contribution in [0, 0.1) is 11.6 Å². The molecule has 3 aromatic rings. The van der Waals surface area contributed by atoms with Crippen molar-refractivity contribution < 1.29 is 22.8 Å². The van der Waals surface area contributed by atoms with E-state index in [0.29, 0.717) is 35.0 Å². The number of aliphatic hydroxyl groups is 1. The molecule has 0 fully saturated rings. The highest BCUT2D eigenvalue weighted by molar-refractivity contribution is 7.81. The van der Waals surface area contributed by atoms with Crippen molar-refractivity contribution in [3.63, 3.8) is 0 Å². The second-order valence-corrected chi connectivity index (χ2v) is 7.76. The summed E-state index contributed by atoms with van der Waals surface area (Å²) in [6, 6.07) is 8.69. The molecular formula is C19H22F2N2O3S. The topological polar surface area (TPSA) is 54.7 Å². The van der Waals surface area contributed by atoms with Crippen molar-refractivity contribution >= 4 is 32.8 Å². The van der Waals surface area contributed by atoms with Gasteiger partial charge in [-0.1, -0.05) is 0 Å². The van der Waals surface area contributed by atoms with E-state index in [2.05, 4.69) is 0 Å². The molecular weight excluding hydrogens is 374 g/mol. The maximum Gasteiger partial charge on any atom is 0.125 e. The molecule has 2 unspecified atom stereocenters. The lowest BCUT2D eigenvalue weighted by atomic mass is 10.1. The molecule has 0 aliphatic rings. The normalized spacial score (nSPS) is 14.3. The molecule has 1 N–H and O–H groups in total. The van der Waals surface area contributed by atoms with E-state index >= 15 is 0 Å². The third-order valence-corrected chi connectivity index (χ3v) is 5.57. The van der Waals surface area contributed by atoms with E-state index in [4.69, 9.17) is 4.74 Å². The summed E-state index contributed by atoms with van der Waals surface area (Å²) in [7, 11) is 0.294. The first-order chi connectivity index (χ1) is 12.9. The molecule has 2 aromatic carbocycles. The van der Waals surface area contributed by atoms with Crippen LogP contribution in [-0.2, 0) is 22.3 Å². The van der Waals surface area contributed by atoms with Gasteiger partial charge >= 0.3 is 0 Å². The van der Waals surface area contributed by atoms with Gasteiger partial charge in [-0.05, 0) is 36.4 Å². The standard InChI is InChI=1S/C19H22F2N2O3S/c1-26-8-7-22(27(2)25)11-15(24)12-23-18-6-4-13(20)9-17(18)16-5-3-14(21)10-19(16)23/h3-6,9-10,15,24H,7-8,11-12H2,1-2H3. The lowest BCUT2D eigenvalue weighted by Gasteiger charge is -2.23. The smallest absolute Gasteiger partial charge is 0.125 e. The maximum absolute atomic E-state index is 13.8. The van der Waals surface area contributed by atoms with Gasteiger partial charge in [0.1, 0.15) is 11.6 Å². The van der Waals surface area contributed by atoms with E-state index in [-0.39, 0.29) is 18.9 Å². The Labute approximate surface area is 158 Å². The first-order valence-electron chi connectivity index (χ1n) is 8.53. The zero-order chi connectivity index (χ0) is 19.6. The summed E-state index contributed by atoms with van der Waals surface area (Å²) < 4.78 is 47.8. The highest BCUT2D eigenvalue weighted by Crippen LogP contribution is 2.30. The van der Waals surface area contributed by atoms with Crippen molar-refractivity contribution in [1.29, 1.82) is 0 Å². The molecule has 2 atom stereocenters. The van der Waals surface area contributed by atoms with Crippen LogP contribution < -0.4 is 0 Å². The van der Waals surface area contributed by atoms with Crippen molar-refractivity contribution in [3.8, 4) is 0 Å². The van der Waals surface area contributed by atoms with E-state index in [1.165, 1.54) is 24.3 Å². The number of halogens is 2. The minimum Gasteiger partial charge on any atom is -0.390 e. The van der Waals surface area contributed by atoms with Gasteiger partial charge in [-0.2, -0.15) is 0 Å². The van der Waals surface area contributed by atoms with Gasteiger partial charge in [-0.3, -0.25) is 0 Å². The number of rotatable bonds is 8. The van der Waals surface area contributed by atoms with Crippen LogP contribution in [0.25, 0.3) is 21.8 Å². The van der Waals surface area contributed by atoms with Crippen molar-refractivity contribution in [2.75, 3.05) is 33.1 Å². The second-order valence-electron chi connectivity index (χ2n) is 6.39. The number of aliphatic hydroxyl groups excluding tert-OH is 1. The Balaban J connectivity index is 1.95. The number of ether oxygens (including phenoxy) is 1. The molecule has 0 spiro atoms. The van der Waals surface area contributed by atoms with Crippen LogP contribution in [0.2, 0.25) is 0 Å². The molecule has 0 aliphatic carbocycles. The predicted octanol–water partition coefficient (Wildman–Crippen LogP) is 2.68. The minimum absolute atomic E-state index is 0.162. The first-order valence-corrected chi connectivity index (χ1v) is 10.0. The zero-order valence-electron chi connectivity index (χ0n) is 15.2. The van der Waals surface area contributed by atoms with E-state index in [0.717, 1.165) is 0 Å². The molecule has 0 bridgehead atoms. The second kappa shape index (κ2) is 8.43. The molecule has 3 rings (SSSR count). The fourth-order valence-corrected chi connectivity index (χ4v) is 3.98. The number of aromatic nitrogens is 1. The van der Waals surface area contributed by atoms with E-state index < -0.39 is 22.9 Å². The Morgan fingerprint density at radius 3 is 2.56 bits per heavy atom. The van der Waals surface area contributed by atoms with Crippen molar-refractivity contribution in [3.05, 3.63) is 48.0 Å². The molecule has 8 heteroatoms.